The summed E-state index contributed by atoms with van der Waals surface area (Å²) >= 11 is 0. The van der Waals surface area contributed by atoms with Crippen LogP contribution in [0.1, 0.15) is 103 Å². The van der Waals surface area contributed by atoms with Gasteiger partial charge >= 0.3 is 0 Å². The van der Waals surface area contributed by atoms with Crippen molar-refractivity contribution >= 4 is 0 Å². The van der Waals surface area contributed by atoms with Crippen LogP contribution in [0.4, 0.5) is 0 Å². The van der Waals surface area contributed by atoms with E-state index < -0.39 is 0 Å². The standard InChI is InChI=1S/C33H41N/c1-30(2)14-16-32(5,6)27-19-22(9-11-25(27)30)23-13-18-34-29(21-23)24-10-12-26-28(20-24)33(7,8)17-15-31(26,3)4/h9-13,18-21H,14-17H2,1-8H3. The van der Waals surface area contributed by atoms with Crippen molar-refractivity contribution in [2.45, 2.75) is 103 Å². The molecular weight excluding hydrogens is 410 g/mol. The number of hydrogen-bond donors (Lipinski definition) is 0. The highest BCUT2D eigenvalue weighted by Gasteiger charge is 2.38. The van der Waals surface area contributed by atoms with Crippen molar-refractivity contribution < 1.29 is 0 Å². The largest absolute Gasteiger partial charge is 0.256 e. The van der Waals surface area contributed by atoms with E-state index in [1.165, 1.54) is 64.6 Å². The zero-order valence-corrected chi connectivity index (χ0v) is 22.5. The molecule has 1 aromatic heterocycles. The Morgan fingerprint density at radius 3 is 1.41 bits per heavy atom. The average Bonchev–Trinajstić information content (AvgIpc) is 2.80. The van der Waals surface area contributed by atoms with Crippen LogP contribution >= 0.6 is 0 Å². The van der Waals surface area contributed by atoms with Gasteiger partial charge in [-0.2, -0.15) is 0 Å². The third-order valence-corrected chi connectivity index (χ3v) is 9.09. The maximum absolute atomic E-state index is 4.81. The van der Waals surface area contributed by atoms with Crippen molar-refractivity contribution in [3.63, 3.8) is 0 Å². The van der Waals surface area contributed by atoms with Crippen LogP contribution in [-0.2, 0) is 21.7 Å². The first kappa shape index (κ1) is 23.3. The zero-order valence-electron chi connectivity index (χ0n) is 22.5. The molecule has 1 heterocycles. The minimum absolute atomic E-state index is 0.204. The van der Waals surface area contributed by atoms with E-state index in [-0.39, 0.29) is 21.7 Å². The Labute approximate surface area is 207 Å². The highest BCUT2D eigenvalue weighted by atomic mass is 14.7. The fourth-order valence-electron chi connectivity index (χ4n) is 6.28. The lowest BCUT2D eigenvalue weighted by Gasteiger charge is -2.42. The zero-order chi connectivity index (χ0) is 24.5. The van der Waals surface area contributed by atoms with Crippen molar-refractivity contribution in [3.05, 3.63) is 77.0 Å². The molecule has 34 heavy (non-hydrogen) atoms. The minimum atomic E-state index is 0.204. The Balaban J connectivity index is 1.58. The first-order valence-electron chi connectivity index (χ1n) is 13.1. The molecule has 2 aliphatic rings. The fourth-order valence-corrected chi connectivity index (χ4v) is 6.28. The number of nitrogens with zero attached hydrogens (tertiary/aromatic N) is 1. The number of aromatic nitrogens is 1. The Kier molecular flexibility index (Phi) is 5.18. The van der Waals surface area contributed by atoms with Gasteiger partial charge < -0.3 is 0 Å². The SMILES string of the molecule is CC1(C)CCC(C)(C)c2cc(-c3ccnc(-c4ccc5c(c4)C(C)(C)CCC5(C)C)c3)ccc21. The molecular formula is C33H41N. The Morgan fingerprint density at radius 1 is 0.471 bits per heavy atom. The highest BCUT2D eigenvalue weighted by Crippen LogP contribution is 2.48. The van der Waals surface area contributed by atoms with Gasteiger partial charge in [0.1, 0.15) is 0 Å². The first-order chi connectivity index (χ1) is 15.8. The van der Waals surface area contributed by atoms with Gasteiger partial charge in [0.2, 0.25) is 0 Å². The lowest BCUT2D eigenvalue weighted by atomic mass is 9.63. The lowest BCUT2D eigenvalue weighted by molar-refractivity contribution is 0.332. The molecule has 0 aliphatic heterocycles. The van der Waals surface area contributed by atoms with Crippen molar-refractivity contribution in [1.82, 2.24) is 4.98 Å². The highest BCUT2D eigenvalue weighted by molar-refractivity contribution is 5.72. The third kappa shape index (κ3) is 3.82. The van der Waals surface area contributed by atoms with Crippen molar-refractivity contribution in [2.75, 3.05) is 0 Å². The van der Waals surface area contributed by atoms with Crippen LogP contribution in [0.2, 0.25) is 0 Å². The molecule has 0 atom stereocenters. The van der Waals surface area contributed by atoms with Crippen LogP contribution in [-0.4, -0.2) is 4.98 Å². The molecule has 0 saturated carbocycles. The van der Waals surface area contributed by atoms with E-state index in [2.05, 4.69) is 104 Å². The summed E-state index contributed by atoms with van der Waals surface area (Å²) < 4.78 is 0. The molecule has 0 fully saturated rings. The summed E-state index contributed by atoms with van der Waals surface area (Å²) in [4.78, 5) is 4.81. The first-order valence-corrected chi connectivity index (χ1v) is 13.1. The molecule has 1 heteroatoms. The number of fused-ring (bicyclic) bond motifs is 2. The van der Waals surface area contributed by atoms with Gasteiger partial charge in [-0.25, -0.2) is 0 Å². The minimum Gasteiger partial charge on any atom is -0.256 e. The molecule has 0 unspecified atom stereocenters. The van der Waals surface area contributed by atoms with Gasteiger partial charge in [0.05, 0.1) is 5.69 Å². The number of pyridine rings is 1. The summed E-state index contributed by atoms with van der Waals surface area (Å²) in [5.41, 5.74) is 11.8. The molecule has 178 valence electrons. The van der Waals surface area contributed by atoms with Gasteiger partial charge in [0.15, 0.2) is 0 Å². The van der Waals surface area contributed by atoms with Gasteiger partial charge in [-0.05, 0) is 98.9 Å². The molecule has 0 saturated heterocycles. The Morgan fingerprint density at radius 2 is 0.882 bits per heavy atom. The summed E-state index contributed by atoms with van der Waals surface area (Å²) in [5, 5.41) is 0. The van der Waals surface area contributed by atoms with Crippen LogP contribution in [0, 0.1) is 0 Å². The van der Waals surface area contributed by atoms with Gasteiger partial charge in [0, 0.05) is 11.8 Å². The normalized spacial score (nSPS) is 21.4. The number of rotatable bonds is 2. The van der Waals surface area contributed by atoms with Gasteiger partial charge in [-0.15, -0.1) is 0 Å². The van der Waals surface area contributed by atoms with E-state index in [1.54, 1.807) is 0 Å². The van der Waals surface area contributed by atoms with Gasteiger partial charge in [0.25, 0.3) is 0 Å². The van der Waals surface area contributed by atoms with E-state index in [0.717, 1.165) is 5.69 Å². The second-order valence-electron chi connectivity index (χ2n) is 13.5. The lowest BCUT2D eigenvalue weighted by Crippen LogP contribution is -2.33. The molecule has 3 aromatic rings. The third-order valence-electron chi connectivity index (χ3n) is 9.09. The van der Waals surface area contributed by atoms with E-state index in [4.69, 9.17) is 4.98 Å². The molecule has 0 N–H and O–H groups in total. The average molecular weight is 452 g/mol. The summed E-state index contributed by atoms with van der Waals surface area (Å²) in [7, 11) is 0. The van der Waals surface area contributed by atoms with Crippen LogP contribution in [0.3, 0.4) is 0 Å². The van der Waals surface area contributed by atoms with E-state index >= 15 is 0 Å². The Hall–Kier alpha value is -2.41. The summed E-state index contributed by atoms with van der Waals surface area (Å²) in [6, 6.07) is 18.7. The van der Waals surface area contributed by atoms with Gasteiger partial charge in [-0.3, -0.25) is 4.98 Å². The molecule has 0 bridgehead atoms. The number of benzene rings is 2. The molecule has 0 spiro atoms. The summed E-state index contributed by atoms with van der Waals surface area (Å²) in [6.45, 7) is 19.2. The van der Waals surface area contributed by atoms with Crippen molar-refractivity contribution in [2.24, 2.45) is 0 Å². The maximum atomic E-state index is 4.81. The quantitative estimate of drug-likeness (QED) is 0.378. The van der Waals surface area contributed by atoms with Gasteiger partial charge in [-0.1, -0.05) is 85.7 Å². The summed E-state index contributed by atoms with van der Waals surface area (Å²) in [5.74, 6) is 0. The molecule has 2 aromatic carbocycles. The van der Waals surface area contributed by atoms with Crippen LogP contribution in [0.15, 0.2) is 54.7 Å². The van der Waals surface area contributed by atoms with E-state index in [9.17, 15) is 0 Å². The van der Waals surface area contributed by atoms with Crippen LogP contribution in [0.5, 0.6) is 0 Å². The topological polar surface area (TPSA) is 12.9 Å². The van der Waals surface area contributed by atoms with Crippen LogP contribution < -0.4 is 0 Å². The molecule has 1 nitrogen and oxygen atoms in total. The molecule has 5 rings (SSSR count). The Bertz CT molecular complexity index is 1160. The molecule has 0 radical (unpaired) electrons. The second-order valence-corrected chi connectivity index (χ2v) is 13.5. The summed E-state index contributed by atoms with van der Waals surface area (Å²) in [6.07, 6.45) is 6.93. The number of hydrogen-bond acceptors (Lipinski definition) is 1. The van der Waals surface area contributed by atoms with E-state index in [1.807, 2.05) is 6.20 Å². The maximum Gasteiger partial charge on any atom is 0.0708 e. The monoisotopic (exact) mass is 451 g/mol. The van der Waals surface area contributed by atoms with Crippen LogP contribution in [0.25, 0.3) is 22.4 Å². The second kappa shape index (κ2) is 7.54. The molecule has 2 aliphatic carbocycles. The van der Waals surface area contributed by atoms with Crippen molar-refractivity contribution in [1.29, 1.82) is 0 Å². The smallest absolute Gasteiger partial charge is 0.0708 e. The predicted octanol–water partition coefficient (Wildman–Crippen LogP) is 9.11. The molecule has 0 amide bonds. The predicted molar refractivity (Wildman–Crippen MR) is 146 cm³/mol. The fraction of sp³-hybridized carbons (Fsp3) is 0.485. The van der Waals surface area contributed by atoms with E-state index in [0.29, 0.717) is 0 Å². The van der Waals surface area contributed by atoms with Crippen molar-refractivity contribution in [3.8, 4) is 22.4 Å².